The number of nitrogens with zero attached hydrogens (tertiary/aromatic N) is 1. The number of phenols is 1. The van der Waals surface area contributed by atoms with Crippen molar-refractivity contribution in [2.45, 2.75) is 6.92 Å². The molecule has 0 aliphatic carbocycles. The zero-order chi connectivity index (χ0) is 18.5. The maximum absolute atomic E-state index is 12.0. The van der Waals surface area contributed by atoms with Gasteiger partial charge in [0.05, 0.1) is 12.8 Å². The lowest BCUT2D eigenvalue weighted by Crippen LogP contribution is -2.26. The summed E-state index contributed by atoms with van der Waals surface area (Å²) in [5.41, 5.74) is 5.04. The molecule has 0 atom stereocenters. The highest BCUT2D eigenvalue weighted by molar-refractivity contribution is 14.1. The molecule has 0 aliphatic heterocycles. The van der Waals surface area contributed by atoms with E-state index >= 15 is 0 Å². The van der Waals surface area contributed by atoms with E-state index in [0.29, 0.717) is 5.56 Å². The molecule has 0 heterocycles. The third kappa shape index (κ3) is 4.32. The van der Waals surface area contributed by atoms with Crippen LogP contribution in [0.1, 0.15) is 11.1 Å². The van der Waals surface area contributed by atoms with Crippen LogP contribution in [0.5, 0.6) is 5.75 Å². The molecule has 6 heteroatoms. The molecule has 0 aliphatic rings. The summed E-state index contributed by atoms with van der Waals surface area (Å²) in [5.74, 6) is -0.145. The molecule has 3 aromatic carbocycles. The van der Waals surface area contributed by atoms with Crippen LogP contribution in [0.4, 0.5) is 5.69 Å². The highest BCUT2D eigenvalue weighted by atomic mass is 127. The number of carbonyl (C=O) groups excluding carboxylic acids is 1. The van der Waals surface area contributed by atoms with Crippen LogP contribution in [0.25, 0.3) is 10.8 Å². The zero-order valence-electron chi connectivity index (χ0n) is 14.2. The number of hydrogen-bond donors (Lipinski definition) is 3. The Hall–Kier alpha value is -2.61. The van der Waals surface area contributed by atoms with Gasteiger partial charge >= 0.3 is 0 Å². The molecule has 0 radical (unpaired) electrons. The number of hydrogen-bond acceptors (Lipinski definition) is 4. The molecule has 0 unspecified atom stereocenters. The molecule has 0 spiro atoms. The fourth-order valence-corrected chi connectivity index (χ4v) is 3.28. The fraction of sp³-hybridized carbons (Fsp3) is 0.100. The van der Waals surface area contributed by atoms with Gasteiger partial charge < -0.3 is 10.4 Å². The second-order valence-electron chi connectivity index (χ2n) is 5.83. The number of nitrogens with one attached hydrogen (secondary N) is 2. The lowest BCUT2D eigenvalue weighted by atomic mass is 10.0. The summed E-state index contributed by atoms with van der Waals surface area (Å²) in [7, 11) is 0. The van der Waals surface area contributed by atoms with Gasteiger partial charge in [-0.2, -0.15) is 5.10 Å². The molecule has 1 amide bonds. The van der Waals surface area contributed by atoms with E-state index < -0.39 is 0 Å². The molecular weight excluding hydrogens is 441 g/mol. The number of fused-ring (bicyclic) bond motifs is 1. The van der Waals surface area contributed by atoms with Gasteiger partial charge in [0.15, 0.2) is 0 Å². The number of halogens is 1. The Morgan fingerprint density at radius 2 is 2.00 bits per heavy atom. The Balaban J connectivity index is 1.64. The third-order valence-electron chi connectivity index (χ3n) is 3.96. The number of aryl methyl sites for hydroxylation is 1. The van der Waals surface area contributed by atoms with Crippen LogP contribution in [0.2, 0.25) is 0 Å². The fourth-order valence-electron chi connectivity index (χ4n) is 2.63. The minimum absolute atomic E-state index is 0.111. The third-order valence-corrected chi connectivity index (χ3v) is 4.63. The van der Waals surface area contributed by atoms with Gasteiger partial charge in [0.1, 0.15) is 5.75 Å². The molecule has 5 nitrogen and oxygen atoms in total. The van der Waals surface area contributed by atoms with Crippen molar-refractivity contribution in [3.05, 3.63) is 69.3 Å². The number of hydrazone groups is 1. The van der Waals surface area contributed by atoms with Gasteiger partial charge in [0.2, 0.25) is 0 Å². The van der Waals surface area contributed by atoms with Crippen LogP contribution < -0.4 is 10.7 Å². The molecule has 26 heavy (non-hydrogen) atoms. The highest BCUT2D eigenvalue weighted by Gasteiger charge is 2.05. The minimum atomic E-state index is -0.265. The Bertz CT molecular complexity index is 986. The van der Waals surface area contributed by atoms with Crippen molar-refractivity contribution in [3.63, 3.8) is 0 Å². The predicted molar refractivity (Wildman–Crippen MR) is 114 cm³/mol. The summed E-state index contributed by atoms with van der Waals surface area (Å²) >= 11 is 2.25. The lowest BCUT2D eigenvalue weighted by Gasteiger charge is -2.09. The van der Waals surface area contributed by atoms with Crippen LogP contribution in [0, 0.1) is 10.5 Å². The molecule has 0 fully saturated rings. The molecule has 3 N–H and O–H groups in total. The molecule has 3 aromatic rings. The lowest BCUT2D eigenvalue weighted by molar-refractivity contribution is -0.119. The summed E-state index contributed by atoms with van der Waals surface area (Å²) in [6.45, 7) is 2.10. The van der Waals surface area contributed by atoms with Crippen molar-refractivity contribution in [1.29, 1.82) is 0 Å². The van der Waals surface area contributed by atoms with Gasteiger partial charge in [-0.1, -0.05) is 30.3 Å². The van der Waals surface area contributed by atoms with Crippen molar-refractivity contribution in [1.82, 2.24) is 5.43 Å². The first-order valence-corrected chi connectivity index (χ1v) is 9.15. The van der Waals surface area contributed by atoms with Gasteiger partial charge in [-0.3, -0.25) is 4.79 Å². The molecule has 0 saturated heterocycles. The van der Waals surface area contributed by atoms with Crippen LogP contribution in [0.3, 0.4) is 0 Å². The van der Waals surface area contributed by atoms with E-state index in [1.165, 1.54) is 6.21 Å². The second kappa shape index (κ2) is 8.18. The number of carbonyl (C=O) groups is 1. The van der Waals surface area contributed by atoms with Crippen molar-refractivity contribution in [3.8, 4) is 5.75 Å². The Morgan fingerprint density at radius 3 is 2.81 bits per heavy atom. The van der Waals surface area contributed by atoms with Crippen LogP contribution >= 0.6 is 22.6 Å². The van der Waals surface area contributed by atoms with E-state index in [1.807, 2.05) is 55.5 Å². The first-order chi connectivity index (χ1) is 12.5. The first-order valence-electron chi connectivity index (χ1n) is 8.07. The van der Waals surface area contributed by atoms with E-state index in [4.69, 9.17) is 0 Å². The molecule has 0 bridgehead atoms. The van der Waals surface area contributed by atoms with Crippen LogP contribution in [-0.4, -0.2) is 23.8 Å². The van der Waals surface area contributed by atoms with Crippen molar-refractivity contribution in [2.24, 2.45) is 5.10 Å². The molecule has 0 aromatic heterocycles. The van der Waals surface area contributed by atoms with E-state index in [0.717, 1.165) is 25.6 Å². The van der Waals surface area contributed by atoms with Gasteiger partial charge in [-0.05, 0) is 70.1 Å². The van der Waals surface area contributed by atoms with Crippen molar-refractivity contribution >= 4 is 51.2 Å². The smallest absolute Gasteiger partial charge is 0.259 e. The number of aromatic hydroxyl groups is 1. The summed E-state index contributed by atoms with van der Waals surface area (Å²) in [5, 5.41) is 19.0. The number of rotatable bonds is 5. The van der Waals surface area contributed by atoms with E-state index in [1.54, 1.807) is 6.07 Å². The molecule has 0 saturated carbocycles. The summed E-state index contributed by atoms with van der Waals surface area (Å²) in [4.78, 5) is 12.0. The minimum Gasteiger partial charge on any atom is -0.507 e. The van der Waals surface area contributed by atoms with Crippen LogP contribution in [-0.2, 0) is 4.79 Å². The number of amides is 1. The monoisotopic (exact) mass is 459 g/mol. The summed E-state index contributed by atoms with van der Waals surface area (Å²) in [6.07, 6.45) is 1.46. The quantitative estimate of drug-likeness (QED) is 0.307. The average molecular weight is 459 g/mol. The second-order valence-corrected chi connectivity index (χ2v) is 7.07. The van der Waals surface area contributed by atoms with E-state index in [2.05, 4.69) is 38.4 Å². The van der Waals surface area contributed by atoms with Gasteiger partial charge in [0.25, 0.3) is 5.91 Å². The first kappa shape index (κ1) is 18.2. The van der Waals surface area contributed by atoms with Crippen molar-refractivity contribution < 1.29 is 9.90 Å². The average Bonchev–Trinajstić information content (AvgIpc) is 2.63. The summed E-state index contributed by atoms with van der Waals surface area (Å²) in [6, 6.07) is 17.1. The Labute approximate surface area is 165 Å². The Kier molecular flexibility index (Phi) is 5.72. The topological polar surface area (TPSA) is 73.7 Å². The maximum atomic E-state index is 12.0. The zero-order valence-corrected chi connectivity index (χ0v) is 16.3. The highest BCUT2D eigenvalue weighted by Crippen LogP contribution is 2.25. The number of benzene rings is 3. The number of phenolic OH excluding ortho intramolecular Hbond substituents is 1. The summed E-state index contributed by atoms with van der Waals surface area (Å²) < 4.78 is 1.15. The predicted octanol–water partition coefficient (Wildman–Crippen LogP) is 4.02. The number of anilines is 1. The van der Waals surface area contributed by atoms with E-state index in [-0.39, 0.29) is 18.2 Å². The molecule has 3 rings (SSSR count). The normalized spacial score (nSPS) is 11.0. The maximum Gasteiger partial charge on any atom is 0.259 e. The van der Waals surface area contributed by atoms with Crippen molar-refractivity contribution in [2.75, 3.05) is 11.9 Å². The molecular formula is C20H18IN3O2. The van der Waals surface area contributed by atoms with Crippen LogP contribution in [0.15, 0.2) is 59.7 Å². The van der Waals surface area contributed by atoms with E-state index in [9.17, 15) is 9.90 Å². The largest absolute Gasteiger partial charge is 0.507 e. The Morgan fingerprint density at radius 1 is 1.19 bits per heavy atom. The SMILES string of the molecule is Cc1cc(I)ccc1NCC(=O)NN=Cc1c(O)ccc2ccccc12. The standard InChI is InChI=1S/C20H18IN3O2/c1-13-10-15(21)7-8-18(13)22-12-20(26)24-23-11-17-16-5-3-2-4-14(16)6-9-19(17)25/h2-11,22,25H,12H2,1H3,(H,24,26). The molecule has 132 valence electrons. The van der Waals surface area contributed by atoms with Gasteiger partial charge in [-0.25, -0.2) is 5.43 Å². The van der Waals surface area contributed by atoms with Gasteiger partial charge in [-0.15, -0.1) is 0 Å². The van der Waals surface area contributed by atoms with Gasteiger partial charge in [0, 0.05) is 14.8 Å².